The summed E-state index contributed by atoms with van der Waals surface area (Å²) in [6.45, 7) is 1.94. The summed E-state index contributed by atoms with van der Waals surface area (Å²) in [5.74, 6) is 0. The van der Waals surface area contributed by atoms with Crippen molar-refractivity contribution in [3.63, 3.8) is 0 Å². The highest BCUT2D eigenvalue weighted by Crippen LogP contribution is 2.32. The summed E-state index contributed by atoms with van der Waals surface area (Å²) in [5.41, 5.74) is 2.63. The predicted octanol–water partition coefficient (Wildman–Crippen LogP) is 5.74. The van der Waals surface area contributed by atoms with E-state index in [0.717, 1.165) is 16.1 Å². The average Bonchev–Trinajstić information content (AvgIpc) is 3.02. The zero-order valence-electron chi connectivity index (χ0n) is 13.6. The molecule has 0 atom stereocenters. The Morgan fingerprint density at radius 2 is 2.04 bits per heavy atom. The van der Waals surface area contributed by atoms with Crippen LogP contribution in [0.4, 0.5) is 5.69 Å². The van der Waals surface area contributed by atoms with Crippen molar-refractivity contribution in [3.8, 4) is 17.3 Å². The molecule has 0 saturated heterocycles. The molecule has 2 aromatic carbocycles. The average molecular weight is 382 g/mol. The number of aromatic nitrogens is 1. The van der Waals surface area contributed by atoms with Crippen LogP contribution in [-0.2, 0) is 0 Å². The second-order valence-electron chi connectivity index (χ2n) is 5.45. The number of thiazole rings is 1. The lowest BCUT2D eigenvalue weighted by atomic mass is 10.1. The lowest BCUT2D eigenvalue weighted by Crippen LogP contribution is -1.88. The lowest BCUT2D eigenvalue weighted by molar-refractivity contribution is -0.384. The van der Waals surface area contributed by atoms with E-state index in [0.29, 0.717) is 21.2 Å². The number of allylic oxidation sites excluding steroid dienone is 1. The number of hydrogen-bond donors (Lipinski definition) is 0. The van der Waals surface area contributed by atoms with E-state index in [1.54, 1.807) is 30.3 Å². The van der Waals surface area contributed by atoms with E-state index in [1.165, 1.54) is 23.5 Å². The van der Waals surface area contributed by atoms with Crippen molar-refractivity contribution >= 4 is 40.3 Å². The molecule has 1 heterocycles. The molecule has 0 amide bonds. The van der Waals surface area contributed by atoms with Crippen molar-refractivity contribution in [1.29, 1.82) is 5.26 Å². The molecule has 26 heavy (non-hydrogen) atoms. The molecule has 0 bridgehead atoms. The van der Waals surface area contributed by atoms with Gasteiger partial charge in [-0.3, -0.25) is 10.1 Å². The van der Waals surface area contributed by atoms with E-state index in [1.807, 2.05) is 19.1 Å². The van der Waals surface area contributed by atoms with Gasteiger partial charge in [-0.25, -0.2) is 4.98 Å². The fraction of sp³-hybridized carbons (Fsp3) is 0.0526. The Kier molecular flexibility index (Phi) is 5.12. The van der Waals surface area contributed by atoms with Gasteiger partial charge in [0.2, 0.25) is 0 Å². The Balaban J connectivity index is 2.00. The first-order chi connectivity index (χ1) is 12.5. The SMILES string of the molecule is Cc1sc(C(C#N)=Cc2cccc([N+](=O)[O-])c2)nc1-c1ccc(Cl)cc1. The van der Waals surface area contributed by atoms with E-state index >= 15 is 0 Å². The van der Waals surface area contributed by atoms with E-state index in [9.17, 15) is 15.4 Å². The maximum Gasteiger partial charge on any atom is 0.270 e. The van der Waals surface area contributed by atoms with Crippen LogP contribution in [0, 0.1) is 28.4 Å². The van der Waals surface area contributed by atoms with Gasteiger partial charge in [0.15, 0.2) is 0 Å². The standard InChI is InChI=1S/C19H12ClN3O2S/c1-12-18(14-5-7-16(20)8-6-14)22-19(26-12)15(11-21)9-13-3-2-4-17(10-13)23(24)25/h2-10H,1H3. The molecule has 0 aliphatic rings. The third-order valence-electron chi connectivity index (χ3n) is 3.66. The minimum Gasteiger partial charge on any atom is -0.258 e. The van der Waals surface area contributed by atoms with Crippen LogP contribution in [0.25, 0.3) is 22.9 Å². The predicted molar refractivity (Wildman–Crippen MR) is 104 cm³/mol. The first-order valence-corrected chi connectivity index (χ1v) is 8.77. The molecule has 0 aliphatic carbocycles. The summed E-state index contributed by atoms with van der Waals surface area (Å²) in [6, 6.07) is 15.6. The number of nitriles is 1. The normalized spacial score (nSPS) is 11.2. The van der Waals surface area contributed by atoms with Gasteiger partial charge in [-0.05, 0) is 30.7 Å². The maximum absolute atomic E-state index is 10.9. The van der Waals surface area contributed by atoms with Gasteiger partial charge in [0.1, 0.15) is 11.1 Å². The Bertz CT molecular complexity index is 1050. The van der Waals surface area contributed by atoms with Crippen LogP contribution < -0.4 is 0 Å². The van der Waals surface area contributed by atoms with Crippen LogP contribution in [0.3, 0.4) is 0 Å². The summed E-state index contributed by atoms with van der Waals surface area (Å²) >= 11 is 7.33. The monoisotopic (exact) mass is 381 g/mol. The van der Waals surface area contributed by atoms with Crippen molar-refractivity contribution in [2.24, 2.45) is 0 Å². The molecule has 7 heteroatoms. The van der Waals surface area contributed by atoms with Crippen LogP contribution in [0.15, 0.2) is 48.5 Å². The number of nitro groups is 1. The fourth-order valence-electron chi connectivity index (χ4n) is 2.42. The van der Waals surface area contributed by atoms with Gasteiger partial charge >= 0.3 is 0 Å². The van der Waals surface area contributed by atoms with Crippen LogP contribution in [-0.4, -0.2) is 9.91 Å². The zero-order valence-corrected chi connectivity index (χ0v) is 15.2. The second kappa shape index (κ2) is 7.48. The van der Waals surface area contributed by atoms with Crippen molar-refractivity contribution in [1.82, 2.24) is 4.98 Å². The number of rotatable bonds is 4. The zero-order chi connectivity index (χ0) is 18.7. The number of non-ortho nitro benzene ring substituents is 1. The molecular formula is C19H12ClN3O2S. The van der Waals surface area contributed by atoms with E-state index in [2.05, 4.69) is 11.1 Å². The Hall–Kier alpha value is -3.01. The Morgan fingerprint density at radius 1 is 1.31 bits per heavy atom. The van der Waals surface area contributed by atoms with Crippen LogP contribution in [0.5, 0.6) is 0 Å². The van der Waals surface area contributed by atoms with Gasteiger partial charge in [0.05, 0.1) is 16.2 Å². The van der Waals surface area contributed by atoms with Gasteiger partial charge < -0.3 is 0 Å². The van der Waals surface area contributed by atoms with Crippen molar-refractivity contribution < 1.29 is 4.92 Å². The molecule has 0 radical (unpaired) electrons. The first kappa shape index (κ1) is 17.8. The first-order valence-electron chi connectivity index (χ1n) is 7.58. The van der Waals surface area contributed by atoms with Crippen molar-refractivity contribution in [3.05, 3.63) is 79.1 Å². The second-order valence-corrected chi connectivity index (χ2v) is 7.09. The third kappa shape index (κ3) is 3.80. The molecule has 0 unspecified atom stereocenters. The minimum absolute atomic E-state index is 0.0202. The molecule has 0 spiro atoms. The van der Waals surface area contributed by atoms with Crippen LogP contribution in [0.2, 0.25) is 5.02 Å². The highest BCUT2D eigenvalue weighted by molar-refractivity contribution is 7.13. The molecule has 3 rings (SSSR count). The smallest absolute Gasteiger partial charge is 0.258 e. The number of nitro benzene ring substituents is 1. The molecule has 0 N–H and O–H groups in total. The summed E-state index contributed by atoms with van der Waals surface area (Å²) < 4.78 is 0. The molecule has 0 fully saturated rings. The Morgan fingerprint density at radius 3 is 2.69 bits per heavy atom. The topological polar surface area (TPSA) is 79.8 Å². The lowest BCUT2D eigenvalue weighted by Gasteiger charge is -1.98. The fourth-order valence-corrected chi connectivity index (χ4v) is 3.45. The number of benzene rings is 2. The third-order valence-corrected chi connectivity index (χ3v) is 4.91. The van der Waals surface area contributed by atoms with Gasteiger partial charge in [-0.1, -0.05) is 35.9 Å². The van der Waals surface area contributed by atoms with Crippen molar-refractivity contribution in [2.75, 3.05) is 0 Å². The summed E-state index contributed by atoms with van der Waals surface area (Å²) in [7, 11) is 0. The number of aryl methyl sites for hydroxylation is 1. The summed E-state index contributed by atoms with van der Waals surface area (Å²) in [6.07, 6.45) is 1.61. The molecular weight excluding hydrogens is 370 g/mol. The van der Waals surface area contributed by atoms with Crippen LogP contribution >= 0.6 is 22.9 Å². The van der Waals surface area contributed by atoms with Gasteiger partial charge in [-0.15, -0.1) is 11.3 Å². The minimum atomic E-state index is -0.463. The van der Waals surface area contributed by atoms with Gasteiger partial charge in [-0.2, -0.15) is 5.26 Å². The summed E-state index contributed by atoms with van der Waals surface area (Å²) in [5, 5.41) is 21.6. The van der Waals surface area contributed by atoms with Gasteiger partial charge in [0.25, 0.3) is 5.69 Å². The van der Waals surface area contributed by atoms with E-state index in [4.69, 9.17) is 11.6 Å². The van der Waals surface area contributed by atoms with Crippen LogP contribution in [0.1, 0.15) is 15.4 Å². The highest BCUT2D eigenvalue weighted by Gasteiger charge is 2.14. The summed E-state index contributed by atoms with van der Waals surface area (Å²) in [4.78, 5) is 16.0. The molecule has 1 aromatic heterocycles. The number of halogens is 1. The quantitative estimate of drug-likeness (QED) is 0.327. The van der Waals surface area contributed by atoms with E-state index < -0.39 is 4.92 Å². The Labute approximate surface area is 159 Å². The highest BCUT2D eigenvalue weighted by atomic mass is 35.5. The molecule has 0 saturated carbocycles. The van der Waals surface area contributed by atoms with Crippen molar-refractivity contribution in [2.45, 2.75) is 6.92 Å². The molecule has 128 valence electrons. The molecule has 5 nitrogen and oxygen atoms in total. The molecule has 0 aliphatic heterocycles. The maximum atomic E-state index is 10.9. The van der Waals surface area contributed by atoms with E-state index in [-0.39, 0.29) is 5.69 Å². The largest absolute Gasteiger partial charge is 0.270 e. The molecule has 3 aromatic rings. The number of nitrogens with zero attached hydrogens (tertiary/aromatic N) is 3. The van der Waals surface area contributed by atoms with Gasteiger partial charge in [0, 0.05) is 27.6 Å². The number of hydrogen-bond acceptors (Lipinski definition) is 5.